The lowest BCUT2D eigenvalue weighted by molar-refractivity contribution is -0.104. The molecule has 2 rings (SSSR count). The third kappa shape index (κ3) is 5.50. The normalized spacial score (nSPS) is 16.5. The molecule has 1 aliphatic heterocycles. The predicted octanol–water partition coefficient (Wildman–Crippen LogP) is 3.56. The van der Waals surface area contributed by atoms with E-state index in [9.17, 15) is 9.18 Å². The Bertz CT molecular complexity index is 702. The number of aldehydes is 1. The number of benzene rings is 1. The van der Waals surface area contributed by atoms with Crippen LogP contribution in [0.15, 0.2) is 53.7 Å². The van der Waals surface area contributed by atoms with Crippen molar-refractivity contribution < 1.29 is 13.9 Å². The summed E-state index contributed by atoms with van der Waals surface area (Å²) >= 11 is 0. The number of halogens is 1. The molecule has 5 heteroatoms. The fraction of sp³-hybridized carbons (Fsp3) is 0.300. The van der Waals surface area contributed by atoms with E-state index in [1.165, 1.54) is 19.3 Å². The second-order valence-corrected chi connectivity index (χ2v) is 5.76. The number of nitrogens with one attached hydrogen (secondary N) is 1. The van der Waals surface area contributed by atoms with Gasteiger partial charge in [-0.15, -0.1) is 0 Å². The first-order chi connectivity index (χ1) is 12.2. The van der Waals surface area contributed by atoms with Crippen molar-refractivity contribution in [3.05, 3.63) is 60.1 Å². The minimum atomic E-state index is -0.426. The SMILES string of the molecule is C=C(\C=C/C=N\C(=C/C=O)C1CCNCC1)c1ccc(OC)c(F)c1. The van der Waals surface area contributed by atoms with Crippen LogP contribution in [0.5, 0.6) is 5.75 Å². The Morgan fingerprint density at radius 3 is 2.80 bits per heavy atom. The summed E-state index contributed by atoms with van der Waals surface area (Å²) in [6.45, 7) is 5.80. The van der Waals surface area contributed by atoms with Gasteiger partial charge in [0.15, 0.2) is 11.6 Å². The van der Waals surface area contributed by atoms with Crippen molar-refractivity contribution in [1.29, 1.82) is 0 Å². The molecule has 0 saturated carbocycles. The van der Waals surface area contributed by atoms with Gasteiger partial charge in [0, 0.05) is 17.8 Å². The lowest BCUT2D eigenvalue weighted by Gasteiger charge is -2.22. The minimum absolute atomic E-state index is 0.202. The van der Waals surface area contributed by atoms with Crippen molar-refractivity contribution in [2.24, 2.45) is 10.9 Å². The highest BCUT2D eigenvalue weighted by Crippen LogP contribution is 2.23. The van der Waals surface area contributed by atoms with E-state index in [-0.39, 0.29) is 5.75 Å². The van der Waals surface area contributed by atoms with Gasteiger partial charge in [-0.2, -0.15) is 0 Å². The summed E-state index contributed by atoms with van der Waals surface area (Å²) in [5.41, 5.74) is 2.13. The van der Waals surface area contributed by atoms with Crippen molar-refractivity contribution >= 4 is 18.1 Å². The van der Waals surface area contributed by atoms with E-state index >= 15 is 0 Å². The van der Waals surface area contributed by atoms with E-state index in [0.717, 1.165) is 37.9 Å². The van der Waals surface area contributed by atoms with E-state index in [1.54, 1.807) is 30.5 Å². The molecule has 132 valence electrons. The van der Waals surface area contributed by atoms with E-state index in [0.29, 0.717) is 17.1 Å². The van der Waals surface area contributed by atoms with Crippen molar-refractivity contribution in [2.75, 3.05) is 20.2 Å². The first-order valence-electron chi connectivity index (χ1n) is 8.25. The van der Waals surface area contributed by atoms with Crippen LogP contribution in [0.3, 0.4) is 0 Å². The number of carbonyl (C=O) groups excluding carboxylic acids is 1. The number of piperidine rings is 1. The summed E-state index contributed by atoms with van der Waals surface area (Å²) in [6, 6.07) is 4.70. The molecule has 4 nitrogen and oxygen atoms in total. The summed E-state index contributed by atoms with van der Waals surface area (Å²) in [5, 5.41) is 3.29. The standard InChI is InChI=1S/C20H23FN2O2/c1-15(17-5-6-20(25-2)18(21)14-17)4-3-10-23-19(9-13-24)16-7-11-22-12-8-16/h3-6,9-10,13-14,16,22H,1,7-8,11-12H2,2H3/b4-3-,19-9-,23-10-. The Morgan fingerprint density at radius 2 is 2.16 bits per heavy atom. The molecule has 0 radical (unpaired) electrons. The van der Waals surface area contributed by atoms with Crippen LogP contribution in [-0.2, 0) is 4.79 Å². The van der Waals surface area contributed by atoms with Crippen LogP contribution in [0.4, 0.5) is 4.39 Å². The molecule has 1 saturated heterocycles. The molecule has 25 heavy (non-hydrogen) atoms. The van der Waals surface area contributed by atoms with Gasteiger partial charge < -0.3 is 10.1 Å². The Labute approximate surface area is 147 Å². The Hall–Kier alpha value is -2.53. The molecular weight excluding hydrogens is 319 g/mol. The van der Waals surface area contributed by atoms with Crippen LogP contribution >= 0.6 is 0 Å². The Balaban J connectivity index is 2.01. The zero-order valence-electron chi connectivity index (χ0n) is 14.4. The highest BCUT2D eigenvalue weighted by atomic mass is 19.1. The molecule has 1 aliphatic rings. The molecular formula is C20H23FN2O2. The van der Waals surface area contributed by atoms with Gasteiger partial charge in [0.1, 0.15) is 6.29 Å². The second kappa shape index (κ2) is 9.69. The zero-order chi connectivity index (χ0) is 18.1. The van der Waals surface area contributed by atoms with E-state index in [1.807, 2.05) is 0 Å². The zero-order valence-corrected chi connectivity index (χ0v) is 14.4. The number of methoxy groups -OCH3 is 1. The average Bonchev–Trinajstić information content (AvgIpc) is 2.64. The van der Waals surface area contributed by atoms with Gasteiger partial charge in [0.2, 0.25) is 0 Å². The monoisotopic (exact) mass is 342 g/mol. The molecule has 0 aromatic heterocycles. The van der Waals surface area contributed by atoms with Gasteiger partial charge in [-0.25, -0.2) is 4.39 Å². The van der Waals surface area contributed by atoms with Crippen LogP contribution in [0.1, 0.15) is 18.4 Å². The van der Waals surface area contributed by atoms with Crippen molar-refractivity contribution in [3.63, 3.8) is 0 Å². The van der Waals surface area contributed by atoms with Gasteiger partial charge in [-0.3, -0.25) is 9.79 Å². The summed E-state index contributed by atoms with van der Waals surface area (Å²) in [7, 11) is 1.43. The van der Waals surface area contributed by atoms with E-state index in [2.05, 4.69) is 16.9 Å². The third-order valence-electron chi connectivity index (χ3n) is 4.13. The van der Waals surface area contributed by atoms with Gasteiger partial charge in [0.05, 0.1) is 7.11 Å². The molecule has 1 N–H and O–H groups in total. The number of ether oxygens (including phenoxy) is 1. The van der Waals surface area contributed by atoms with Crippen LogP contribution < -0.4 is 10.1 Å². The van der Waals surface area contributed by atoms with Crippen molar-refractivity contribution in [1.82, 2.24) is 5.32 Å². The first kappa shape index (κ1) is 18.8. The second-order valence-electron chi connectivity index (χ2n) is 5.76. The largest absolute Gasteiger partial charge is 0.494 e. The number of hydrogen-bond acceptors (Lipinski definition) is 4. The van der Waals surface area contributed by atoms with Crippen LogP contribution in [0, 0.1) is 11.7 Å². The van der Waals surface area contributed by atoms with Crippen LogP contribution in [0.2, 0.25) is 0 Å². The van der Waals surface area contributed by atoms with Crippen LogP contribution in [-0.4, -0.2) is 32.7 Å². The molecule has 0 spiro atoms. The fourth-order valence-electron chi connectivity index (χ4n) is 2.72. The number of nitrogens with zero attached hydrogens (tertiary/aromatic N) is 1. The maximum atomic E-state index is 13.7. The summed E-state index contributed by atoms with van der Waals surface area (Å²) in [5.74, 6) is 0.0769. The molecule has 0 aliphatic carbocycles. The lowest BCUT2D eigenvalue weighted by Crippen LogP contribution is -2.28. The van der Waals surface area contributed by atoms with Gasteiger partial charge >= 0.3 is 0 Å². The topological polar surface area (TPSA) is 50.7 Å². The van der Waals surface area contributed by atoms with Gasteiger partial charge in [-0.1, -0.05) is 18.7 Å². The average molecular weight is 342 g/mol. The molecule has 0 amide bonds. The summed E-state index contributed by atoms with van der Waals surface area (Å²) < 4.78 is 18.6. The third-order valence-corrected chi connectivity index (χ3v) is 4.13. The number of rotatable bonds is 7. The Morgan fingerprint density at radius 1 is 1.40 bits per heavy atom. The highest BCUT2D eigenvalue weighted by molar-refractivity contribution is 5.81. The fourth-order valence-corrected chi connectivity index (χ4v) is 2.72. The van der Waals surface area contributed by atoms with Crippen molar-refractivity contribution in [2.45, 2.75) is 12.8 Å². The Kier molecular flexibility index (Phi) is 7.29. The molecule has 1 fully saturated rings. The quantitative estimate of drug-likeness (QED) is 0.357. The van der Waals surface area contributed by atoms with E-state index in [4.69, 9.17) is 4.74 Å². The maximum Gasteiger partial charge on any atom is 0.165 e. The van der Waals surface area contributed by atoms with E-state index < -0.39 is 5.82 Å². The summed E-state index contributed by atoms with van der Waals surface area (Å²) in [6.07, 6.45) is 9.38. The van der Waals surface area contributed by atoms with Crippen LogP contribution in [0.25, 0.3) is 5.57 Å². The molecule has 0 unspecified atom stereocenters. The number of hydrogen-bond donors (Lipinski definition) is 1. The molecule has 0 bridgehead atoms. The highest BCUT2D eigenvalue weighted by Gasteiger charge is 2.16. The molecule has 1 aromatic carbocycles. The predicted molar refractivity (Wildman–Crippen MR) is 99.4 cm³/mol. The molecule has 1 heterocycles. The number of carbonyl (C=O) groups is 1. The molecule has 1 aromatic rings. The lowest BCUT2D eigenvalue weighted by atomic mass is 9.94. The van der Waals surface area contributed by atoms with Crippen molar-refractivity contribution in [3.8, 4) is 5.75 Å². The maximum absolute atomic E-state index is 13.7. The number of allylic oxidation sites excluding steroid dienone is 5. The molecule has 0 atom stereocenters. The minimum Gasteiger partial charge on any atom is -0.494 e. The first-order valence-corrected chi connectivity index (χ1v) is 8.25. The summed E-state index contributed by atoms with van der Waals surface area (Å²) in [4.78, 5) is 15.2. The smallest absolute Gasteiger partial charge is 0.165 e. The number of aliphatic imine (C=N–C) groups is 1. The van der Waals surface area contributed by atoms with Gasteiger partial charge in [-0.05, 0) is 61.4 Å². The van der Waals surface area contributed by atoms with Gasteiger partial charge in [0.25, 0.3) is 0 Å².